The maximum absolute atomic E-state index is 12.6. The number of benzene rings is 2. The van der Waals surface area contributed by atoms with E-state index in [1.165, 1.54) is 0 Å². The van der Waals surface area contributed by atoms with Crippen LogP contribution in [0.5, 0.6) is 5.75 Å². The zero-order valence-electron chi connectivity index (χ0n) is 20.2. The van der Waals surface area contributed by atoms with E-state index in [-0.39, 0.29) is 18.1 Å². The molecule has 1 atom stereocenters. The Labute approximate surface area is 206 Å². The molecule has 0 bridgehead atoms. The van der Waals surface area contributed by atoms with Gasteiger partial charge in [0.1, 0.15) is 18.0 Å². The molecule has 2 saturated heterocycles. The van der Waals surface area contributed by atoms with Crippen molar-refractivity contribution in [2.24, 2.45) is 0 Å². The number of rotatable bonds is 8. The lowest BCUT2D eigenvalue weighted by Gasteiger charge is -2.33. The van der Waals surface area contributed by atoms with Crippen molar-refractivity contribution in [2.45, 2.75) is 37.9 Å². The third-order valence-electron chi connectivity index (χ3n) is 6.81. The van der Waals surface area contributed by atoms with E-state index in [9.17, 15) is 4.79 Å². The predicted molar refractivity (Wildman–Crippen MR) is 137 cm³/mol. The third kappa shape index (κ3) is 5.41. The summed E-state index contributed by atoms with van der Waals surface area (Å²) in [7, 11) is 1.70. The van der Waals surface area contributed by atoms with Crippen LogP contribution in [0.1, 0.15) is 25.7 Å². The molecule has 184 valence electrons. The van der Waals surface area contributed by atoms with Crippen LogP contribution in [0.2, 0.25) is 0 Å². The fourth-order valence-electron chi connectivity index (χ4n) is 4.92. The number of hydrogen-bond acceptors (Lipinski definition) is 6. The highest BCUT2D eigenvalue weighted by Crippen LogP contribution is 2.35. The van der Waals surface area contributed by atoms with Gasteiger partial charge in [-0.3, -0.25) is 9.78 Å². The SMILES string of the molecule is COCCNc1c(-c2ccc(OC3CCN(C(=O)[C@H]4CCCO4)CC3)cc2)ccc2cccnc12. The van der Waals surface area contributed by atoms with Gasteiger partial charge in [-0.2, -0.15) is 0 Å². The fraction of sp³-hybridized carbons (Fsp3) is 0.429. The minimum absolute atomic E-state index is 0.116. The second-order valence-corrected chi connectivity index (χ2v) is 9.15. The van der Waals surface area contributed by atoms with E-state index in [2.05, 4.69) is 40.6 Å². The highest BCUT2D eigenvalue weighted by molar-refractivity contribution is 5.99. The van der Waals surface area contributed by atoms with E-state index < -0.39 is 0 Å². The number of piperidine rings is 1. The van der Waals surface area contributed by atoms with Crippen molar-refractivity contribution < 1.29 is 19.0 Å². The van der Waals surface area contributed by atoms with Gasteiger partial charge >= 0.3 is 0 Å². The van der Waals surface area contributed by atoms with Crippen molar-refractivity contribution >= 4 is 22.5 Å². The van der Waals surface area contributed by atoms with Gasteiger partial charge in [0.15, 0.2) is 0 Å². The highest BCUT2D eigenvalue weighted by atomic mass is 16.5. The van der Waals surface area contributed by atoms with Crippen molar-refractivity contribution in [1.82, 2.24) is 9.88 Å². The maximum Gasteiger partial charge on any atom is 0.251 e. The van der Waals surface area contributed by atoms with E-state index in [1.807, 2.05) is 29.3 Å². The Morgan fingerprint density at radius 2 is 1.94 bits per heavy atom. The summed E-state index contributed by atoms with van der Waals surface area (Å²) in [6, 6.07) is 16.5. The molecular weight excluding hydrogens is 442 g/mol. The van der Waals surface area contributed by atoms with E-state index >= 15 is 0 Å². The molecule has 7 nitrogen and oxygen atoms in total. The van der Waals surface area contributed by atoms with Gasteiger partial charge in [0, 0.05) is 63.3 Å². The lowest BCUT2D eigenvalue weighted by molar-refractivity contribution is -0.142. The number of ether oxygens (including phenoxy) is 3. The summed E-state index contributed by atoms with van der Waals surface area (Å²) in [4.78, 5) is 19.1. The van der Waals surface area contributed by atoms with E-state index in [4.69, 9.17) is 14.2 Å². The maximum atomic E-state index is 12.6. The van der Waals surface area contributed by atoms with Gasteiger partial charge in [0.2, 0.25) is 0 Å². The molecule has 0 unspecified atom stereocenters. The molecule has 0 spiro atoms. The van der Waals surface area contributed by atoms with E-state index in [0.29, 0.717) is 19.8 Å². The van der Waals surface area contributed by atoms with Crippen molar-refractivity contribution in [3.05, 3.63) is 54.7 Å². The molecular formula is C28H33N3O4. The number of carbonyl (C=O) groups excluding carboxylic acids is 1. The molecule has 0 radical (unpaired) electrons. The van der Waals surface area contributed by atoms with Crippen molar-refractivity contribution in [3.8, 4) is 16.9 Å². The van der Waals surface area contributed by atoms with E-state index in [0.717, 1.165) is 72.2 Å². The number of nitrogens with one attached hydrogen (secondary N) is 1. The molecule has 1 N–H and O–H groups in total. The first kappa shape index (κ1) is 23.6. The number of hydrogen-bond donors (Lipinski definition) is 1. The van der Waals surface area contributed by atoms with Crippen LogP contribution in [0.25, 0.3) is 22.0 Å². The summed E-state index contributed by atoms with van der Waals surface area (Å²) in [5.41, 5.74) is 4.16. The average molecular weight is 476 g/mol. The number of methoxy groups -OCH3 is 1. The second-order valence-electron chi connectivity index (χ2n) is 9.15. The first-order valence-corrected chi connectivity index (χ1v) is 12.5. The Balaban J connectivity index is 1.25. The third-order valence-corrected chi connectivity index (χ3v) is 6.81. The largest absolute Gasteiger partial charge is 0.490 e. The highest BCUT2D eigenvalue weighted by Gasteiger charge is 2.31. The summed E-state index contributed by atoms with van der Waals surface area (Å²) >= 11 is 0. The number of likely N-dealkylation sites (tertiary alicyclic amines) is 1. The van der Waals surface area contributed by atoms with Gasteiger partial charge in [-0.05, 0) is 36.6 Å². The van der Waals surface area contributed by atoms with Crippen LogP contribution in [0.4, 0.5) is 5.69 Å². The van der Waals surface area contributed by atoms with Gasteiger partial charge in [0.05, 0.1) is 17.8 Å². The minimum atomic E-state index is -0.237. The molecule has 2 aliphatic rings. The summed E-state index contributed by atoms with van der Waals surface area (Å²) < 4.78 is 17.1. The summed E-state index contributed by atoms with van der Waals surface area (Å²) in [5.74, 6) is 0.996. The number of amides is 1. The smallest absolute Gasteiger partial charge is 0.251 e. The molecule has 0 saturated carbocycles. The van der Waals surface area contributed by atoms with Crippen LogP contribution in [-0.4, -0.2) is 68.0 Å². The first-order chi connectivity index (χ1) is 17.2. The molecule has 2 aliphatic heterocycles. The quantitative estimate of drug-likeness (QED) is 0.484. The number of aromatic nitrogens is 1. The van der Waals surface area contributed by atoms with Crippen molar-refractivity contribution in [2.75, 3.05) is 45.3 Å². The van der Waals surface area contributed by atoms with Crippen molar-refractivity contribution in [1.29, 1.82) is 0 Å². The molecule has 35 heavy (non-hydrogen) atoms. The van der Waals surface area contributed by atoms with Gasteiger partial charge in [-0.15, -0.1) is 0 Å². The zero-order chi connectivity index (χ0) is 24.0. The Bertz CT molecular complexity index is 1140. The summed E-state index contributed by atoms with van der Waals surface area (Å²) in [6.45, 7) is 3.47. The fourth-order valence-corrected chi connectivity index (χ4v) is 4.92. The number of carbonyl (C=O) groups is 1. The molecule has 2 fully saturated rings. The summed E-state index contributed by atoms with van der Waals surface area (Å²) in [6.07, 6.45) is 5.20. The topological polar surface area (TPSA) is 72.9 Å². The Morgan fingerprint density at radius 1 is 1.11 bits per heavy atom. The second kappa shape index (κ2) is 11.1. The van der Waals surface area contributed by atoms with Gasteiger partial charge < -0.3 is 24.4 Å². The summed E-state index contributed by atoms with van der Waals surface area (Å²) in [5, 5.41) is 4.61. The molecule has 7 heteroatoms. The van der Waals surface area contributed by atoms with E-state index in [1.54, 1.807) is 7.11 Å². The Hall–Kier alpha value is -3.16. The molecule has 5 rings (SSSR count). The normalized spacial score (nSPS) is 18.7. The number of pyridine rings is 1. The molecule has 2 aromatic carbocycles. The van der Waals surface area contributed by atoms with Gasteiger partial charge in [0.25, 0.3) is 5.91 Å². The number of nitrogens with zero attached hydrogens (tertiary/aromatic N) is 2. The average Bonchev–Trinajstić information content (AvgIpc) is 3.45. The van der Waals surface area contributed by atoms with Crippen LogP contribution in [0.15, 0.2) is 54.7 Å². The zero-order valence-corrected chi connectivity index (χ0v) is 20.2. The van der Waals surface area contributed by atoms with Crippen LogP contribution in [-0.2, 0) is 14.3 Å². The van der Waals surface area contributed by atoms with Crippen LogP contribution in [0.3, 0.4) is 0 Å². The Morgan fingerprint density at radius 3 is 2.69 bits per heavy atom. The number of anilines is 1. The molecule has 3 aromatic rings. The van der Waals surface area contributed by atoms with Crippen LogP contribution < -0.4 is 10.1 Å². The standard InChI is InChI=1S/C28H33N3O4/c1-33-19-15-30-27-24(11-8-21-4-2-14-29-26(21)27)20-6-9-22(10-7-20)35-23-12-16-31(17-13-23)28(32)25-5-3-18-34-25/h2,4,6-11,14,23,25,30H,3,5,12-13,15-19H2,1H3/t25-/m1/s1. The lowest BCUT2D eigenvalue weighted by atomic mass is 10.0. The molecule has 1 amide bonds. The van der Waals surface area contributed by atoms with Crippen LogP contribution in [0, 0.1) is 0 Å². The lowest BCUT2D eigenvalue weighted by Crippen LogP contribution is -2.45. The van der Waals surface area contributed by atoms with Crippen molar-refractivity contribution in [3.63, 3.8) is 0 Å². The van der Waals surface area contributed by atoms with Gasteiger partial charge in [-0.1, -0.05) is 30.3 Å². The van der Waals surface area contributed by atoms with Crippen LogP contribution >= 0.6 is 0 Å². The predicted octanol–water partition coefficient (Wildman–Crippen LogP) is 4.51. The molecule has 3 heterocycles. The minimum Gasteiger partial charge on any atom is -0.490 e. The Kier molecular flexibility index (Phi) is 7.45. The molecule has 0 aliphatic carbocycles. The molecule has 1 aromatic heterocycles. The number of fused-ring (bicyclic) bond motifs is 1. The van der Waals surface area contributed by atoms with Gasteiger partial charge in [-0.25, -0.2) is 0 Å². The first-order valence-electron chi connectivity index (χ1n) is 12.5. The monoisotopic (exact) mass is 475 g/mol.